The van der Waals surface area contributed by atoms with Gasteiger partial charge in [0.1, 0.15) is 0 Å². The van der Waals surface area contributed by atoms with Gasteiger partial charge in [-0.05, 0) is 57.2 Å². The molecule has 1 aromatic rings. The minimum absolute atomic E-state index is 0. The van der Waals surface area contributed by atoms with Crippen LogP contribution in [0.5, 0.6) is 0 Å². The van der Waals surface area contributed by atoms with Crippen molar-refractivity contribution >= 4 is 23.7 Å². The van der Waals surface area contributed by atoms with Crippen LogP contribution >= 0.6 is 23.7 Å². The Hall–Kier alpha value is -0.160. The van der Waals surface area contributed by atoms with Crippen LogP contribution in [0.2, 0.25) is 0 Å². The van der Waals surface area contributed by atoms with Crippen molar-refractivity contribution in [2.45, 2.75) is 51.4 Å². The maximum Gasteiger partial charge on any atom is 0.0972 e. The number of rotatable bonds is 4. The highest BCUT2D eigenvalue weighted by Gasteiger charge is 2.26. The van der Waals surface area contributed by atoms with E-state index in [-0.39, 0.29) is 12.4 Å². The largest absolute Gasteiger partial charge is 0.317 e. The van der Waals surface area contributed by atoms with Gasteiger partial charge in [-0.15, -0.1) is 23.7 Å². The van der Waals surface area contributed by atoms with Gasteiger partial charge in [0, 0.05) is 24.4 Å². The molecule has 0 radical (unpaired) electrons. The van der Waals surface area contributed by atoms with Crippen LogP contribution in [0.15, 0.2) is 5.38 Å². The van der Waals surface area contributed by atoms with E-state index in [0.29, 0.717) is 11.8 Å². The number of thiazole rings is 1. The molecule has 0 bridgehead atoms. The zero-order valence-electron chi connectivity index (χ0n) is 13.9. The van der Waals surface area contributed by atoms with E-state index < -0.39 is 0 Å². The van der Waals surface area contributed by atoms with Crippen LogP contribution in [0.1, 0.15) is 62.1 Å². The first-order valence-electron chi connectivity index (χ1n) is 8.60. The second-order valence-corrected chi connectivity index (χ2v) is 7.95. The lowest BCUT2D eigenvalue weighted by Crippen LogP contribution is -2.40. The Balaban J connectivity index is 0.00000176. The molecular weight excluding hydrogens is 314 g/mol. The summed E-state index contributed by atoms with van der Waals surface area (Å²) in [6, 6.07) is 0. The molecule has 1 atom stereocenters. The fourth-order valence-corrected chi connectivity index (χ4v) is 4.72. The highest BCUT2D eigenvalue weighted by atomic mass is 35.5. The quantitative estimate of drug-likeness (QED) is 0.899. The van der Waals surface area contributed by atoms with Crippen LogP contribution in [-0.4, -0.2) is 42.6 Å². The number of piperidine rings is 2. The Bertz CT molecular complexity index is 443. The Morgan fingerprint density at radius 1 is 1.32 bits per heavy atom. The summed E-state index contributed by atoms with van der Waals surface area (Å²) in [4.78, 5) is 7.61. The maximum absolute atomic E-state index is 4.90. The molecule has 1 aromatic heterocycles. The first-order valence-corrected chi connectivity index (χ1v) is 9.48. The van der Waals surface area contributed by atoms with Gasteiger partial charge in [0.15, 0.2) is 0 Å². The van der Waals surface area contributed by atoms with Crippen molar-refractivity contribution in [3.8, 4) is 0 Å². The summed E-state index contributed by atoms with van der Waals surface area (Å²) in [6.45, 7) is 10.7. The zero-order chi connectivity index (χ0) is 14.7. The molecule has 2 saturated heterocycles. The minimum atomic E-state index is 0. The van der Waals surface area contributed by atoms with E-state index in [4.69, 9.17) is 4.98 Å². The van der Waals surface area contributed by atoms with Crippen molar-refractivity contribution in [3.63, 3.8) is 0 Å². The molecule has 5 heteroatoms. The second-order valence-electron chi connectivity index (χ2n) is 7.06. The summed E-state index contributed by atoms with van der Waals surface area (Å²) in [5.41, 5.74) is 1.28. The van der Waals surface area contributed by atoms with Gasteiger partial charge in [-0.3, -0.25) is 0 Å². The van der Waals surface area contributed by atoms with Gasteiger partial charge in [-0.25, -0.2) is 4.98 Å². The van der Waals surface area contributed by atoms with Crippen LogP contribution in [0, 0.1) is 5.92 Å². The van der Waals surface area contributed by atoms with E-state index in [1.165, 1.54) is 69.1 Å². The number of hydrogen-bond acceptors (Lipinski definition) is 4. The Kier molecular flexibility index (Phi) is 7.13. The summed E-state index contributed by atoms with van der Waals surface area (Å²) >= 11 is 1.88. The first-order chi connectivity index (χ1) is 10.2. The smallest absolute Gasteiger partial charge is 0.0972 e. The SMILES string of the molecule is CC(C)c1csc(C2CCCN(CC3CCNCC3)C2)n1.Cl. The fraction of sp³-hybridized carbons (Fsp3) is 0.824. The summed E-state index contributed by atoms with van der Waals surface area (Å²) in [5, 5.41) is 7.13. The predicted octanol–water partition coefficient (Wildman–Crippen LogP) is 3.87. The highest BCUT2D eigenvalue weighted by Crippen LogP contribution is 2.31. The van der Waals surface area contributed by atoms with Gasteiger partial charge >= 0.3 is 0 Å². The van der Waals surface area contributed by atoms with E-state index >= 15 is 0 Å². The molecule has 2 fully saturated rings. The zero-order valence-corrected chi connectivity index (χ0v) is 15.5. The molecule has 0 aromatic carbocycles. The lowest BCUT2D eigenvalue weighted by atomic mass is 9.94. The highest BCUT2D eigenvalue weighted by molar-refractivity contribution is 7.09. The first kappa shape index (κ1) is 18.2. The maximum atomic E-state index is 4.90. The molecule has 126 valence electrons. The van der Waals surface area contributed by atoms with Crippen molar-refractivity contribution < 1.29 is 0 Å². The van der Waals surface area contributed by atoms with Crippen LogP contribution in [-0.2, 0) is 0 Å². The Morgan fingerprint density at radius 2 is 2.09 bits per heavy atom. The van der Waals surface area contributed by atoms with E-state index in [1.54, 1.807) is 0 Å². The van der Waals surface area contributed by atoms with Crippen molar-refractivity contribution in [3.05, 3.63) is 16.1 Å². The average molecular weight is 344 g/mol. The average Bonchev–Trinajstić information content (AvgIpc) is 2.99. The van der Waals surface area contributed by atoms with Gasteiger partial charge in [0.2, 0.25) is 0 Å². The van der Waals surface area contributed by atoms with Crippen molar-refractivity contribution in [1.82, 2.24) is 15.2 Å². The minimum Gasteiger partial charge on any atom is -0.317 e. The van der Waals surface area contributed by atoms with Gasteiger partial charge in [-0.1, -0.05) is 13.8 Å². The molecule has 2 aliphatic heterocycles. The predicted molar refractivity (Wildman–Crippen MR) is 97.5 cm³/mol. The lowest BCUT2D eigenvalue weighted by Gasteiger charge is -2.35. The number of likely N-dealkylation sites (tertiary alicyclic amines) is 1. The van der Waals surface area contributed by atoms with Gasteiger partial charge in [0.25, 0.3) is 0 Å². The molecule has 0 saturated carbocycles. The van der Waals surface area contributed by atoms with Crippen LogP contribution in [0.4, 0.5) is 0 Å². The molecule has 0 aliphatic carbocycles. The van der Waals surface area contributed by atoms with E-state index in [1.807, 2.05) is 11.3 Å². The summed E-state index contributed by atoms with van der Waals surface area (Å²) in [7, 11) is 0. The molecule has 1 unspecified atom stereocenters. The molecule has 0 amide bonds. The third kappa shape index (κ3) is 4.67. The third-order valence-corrected chi connectivity index (χ3v) is 5.99. The summed E-state index contributed by atoms with van der Waals surface area (Å²) < 4.78 is 0. The molecule has 1 N–H and O–H groups in total. The van der Waals surface area contributed by atoms with Crippen molar-refractivity contribution in [2.24, 2.45) is 5.92 Å². The van der Waals surface area contributed by atoms with Crippen molar-refractivity contribution in [2.75, 3.05) is 32.7 Å². The molecule has 22 heavy (non-hydrogen) atoms. The van der Waals surface area contributed by atoms with Gasteiger partial charge < -0.3 is 10.2 Å². The lowest BCUT2D eigenvalue weighted by molar-refractivity contribution is 0.163. The molecule has 2 aliphatic rings. The summed E-state index contributed by atoms with van der Waals surface area (Å²) in [5.74, 6) is 2.15. The monoisotopic (exact) mass is 343 g/mol. The Morgan fingerprint density at radius 3 is 2.77 bits per heavy atom. The number of aromatic nitrogens is 1. The van der Waals surface area contributed by atoms with Gasteiger partial charge in [0.05, 0.1) is 10.7 Å². The fourth-order valence-electron chi connectivity index (χ4n) is 3.61. The number of nitrogens with zero attached hydrogens (tertiary/aromatic N) is 2. The molecule has 3 rings (SSSR count). The summed E-state index contributed by atoms with van der Waals surface area (Å²) in [6.07, 6.45) is 5.38. The molecule has 3 nitrogen and oxygen atoms in total. The number of nitrogens with one attached hydrogen (secondary N) is 1. The Labute approximate surface area is 145 Å². The van der Waals surface area contributed by atoms with Gasteiger partial charge in [-0.2, -0.15) is 0 Å². The third-order valence-electron chi connectivity index (χ3n) is 4.96. The van der Waals surface area contributed by atoms with Crippen LogP contribution in [0.25, 0.3) is 0 Å². The normalized spacial score (nSPS) is 24.4. The van der Waals surface area contributed by atoms with Crippen LogP contribution < -0.4 is 5.32 Å². The van der Waals surface area contributed by atoms with Crippen molar-refractivity contribution in [1.29, 1.82) is 0 Å². The molecule has 0 spiro atoms. The molecule has 3 heterocycles. The topological polar surface area (TPSA) is 28.2 Å². The molecular formula is C17H30ClN3S. The number of halogens is 1. The van der Waals surface area contributed by atoms with E-state index in [0.717, 1.165) is 5.92 Å². The van der Waals surface area contributed by atoms with Crippen LogP contribution in [0.3, 0.4) is 0 Å². The van der Waals surface area contributed by atoms with E-state index in [9.17, 15) is 0 Å². The second kappa shape index (κ2) is 8.62. The number of hydrogen-bond donors (Lipinski definition) is 1. The van der Waals surface area contributed by atoms with E-state index in [2.05, 4.69) is 29.4 Å². The standard InChI is InChI=1S/C17H29N3S.ClH/c1-13(2)16-12-21-17(19-16)15-4-3-9-20(11-15)10-14-5-7-18-8-6-14;/h12-15,18H,3-11H2,1-2H3;1H.